The van der Waals surface area contributed by atoms with Gasteiger partial charge < -0.3 is 5.73 Å². The highest BCUT2D eigenvalue weighted by Crippen LogP contribution is 2.21. The number of rotatable bonds is 0. The molecule has 0 saturated heterocycles. The number of aromatic nitrogens is 4. The zero-order valence-corrected chi connectivity index (χ0v) is 9.72. The summed E-state index contributed by atoms with van der Waals surface area (Å²) in [6.45, 7) is 6.14. The number of hydrogen-bond donors (Lipinski definition) is 2. The standard InChI is InChI=1S/C9H13N5S/c1-9(2,3)7-8(15)14-6(11-12-7)4-5(10)13-14/h4,13H,10H2,1-3H3. The minimum Gasteiger partial charge on any atom is -0.384 e. The molecule has 0 fully saturated rings. The molecule has 0 atom stereocenters. The van der Waals surface area contributed by atoms with Crippen molar-refractivity contribution in [3.63, 3.8) is 0 Å². The third-order valence-electron chi connectivity index (χ3n) is 2.12. The zero-order valence-electron chi connectivity index (χ0n) is 8.90. The maximum absolute atomic E-state index is 5.63. The highest BCUT2D eigenvalue weighted by Gasteiger charge is 2.19. The number of anilines is 1. The Morgan fingerprint density at radius 3 is 2.67 bits per heavy atom. The van der Waals surface area contributed by atoms with Gasteiger partial charge in [0.2, 0.25) is 0 Å². The van der Waals surface area contributed by atoms with Crippen LogP contribution < -0.4 is 5.73 Å². The smallest absolute Gasteiger partial charge is 0.178 e. The number of nitrogens with zero attached hydrogens (tertiary/aromatic N) is 3. The largest absolute Gasteiger partial charge is 0.384 e. The number of aromatic amines is 1. The van der Waals surface area contributed by atoms with Crippen LogP contribution in [0.15, 0.2) is 6.07 Å². The van der Waals surface area contributed by atoms with Crippen LogP contribution in [0.5, 0.6) is 0 Å². The van der Waals surface area contributed by atoms with Crippen molar-refractivity contribution < 1.29 is 0 Å². The summed E-state index contributed by atoms with van der Waals surface area (Å²) in [7, 11) is 0. The molecule has 0 aliphatic carbocycles. The maximum Gasteiger partial charge on any atom is 0.178 e. The molecule has 2 aromatic rings. The van der Waals surface area contributed by atoms with E-state index in [0.29, 0.717) is 16.1 Å². The van der Waals surface area contributed by atoms with E-state index in [1.54, 1.807) is 10.6 Å². The summed E-state index contributed by atoms with van der Waals surface area (Å²) in [5, 5.41) is 11.1. The summed E-state index contributed by atoms with van der Waals surface area (Å²) >= 11 is 5.33. The monoisotopic (exact) mass is 223 g/mol. The second kappa shape index (κ2) is 3.03. The summed E-state index contributed by atoms with van der Waals surface area (Å²) in [5.41, 5.74) is 6.94. The summed E-state index contributed by atoms with van der Waals surface area (Å²) in [4.78, 5) is 0. The first-order valence-corrected chi connectivity index (χ1v) is 5.05. The number of fused-ring (bicyclic) bond motifs is 1. The van der Waals surface area contributed by atoms with Crippen molar-refractivity contribution in [1.29, 1.82) is 0 Å². The third kappa shape index (κ3) is 1.61. The highest BCUT2D eigenvalue weighted by molar-refractivity contribution is 7.71. The van der Waals surface area contributed by atoms with Crippen LogP contribution in [0, 0.1) is 4.64 Å². The average molecular weight is 223 g/mol. The quantitative estimate of drug-likeness (QED) is 0.666. The molecule has 0 saturated carbocycles. The van der Waals surface area contributed by atoms with E-state index in [9.17, 15) is 0 Å². The van der Waals surface area contributed by atoms with Crippen molar-refractivity contribution in [3.8, 4) is 0 Å². The van der Waals surface area contributed by atoms with Gasteiger partial charge in [0, 0.05) is 11.5 Å². The Bertz CT molecular complexity index is 560. The Morgan fingerprint density at radius 1 is 1.40 bits per heavy atom. The fourth-order valence-corrected chi connectivity index (χ4v) is 1.86. The summed E-state index contributed by atoms with van der Waals surface area (Å²) < 4.78 is 2.31. The molecular weight excluding hydrogens is 210 g/mol. The molecule has 0 amide bonds. The lowest BCUT2D eigenvalue weighted by Gasteiger charge is -2.16. The lowest BCUT2D eigenvalue weighted by Crippen LogP contribution is -2.17. The molecule has 6 heteroatoms. The number of hydrogen-bond acceptors (Lipinski definition) is 4. The van der Waals surface area contributed by atoms with E-state index in [1.807, 2.05) is 20.8 Å². The predicted molar refractivity (Wildman–Crippen MR) is 61.3 cm³/mol. The fourth-order valence-electron chi connectivity index (χ4n) is 1.37. The molecule has 0 aliphatic rings. The molecule has 0 bridgehead atoms. The number of nitrogens with two attached hydrogens (primary N) is 1. The average Bonchev–Trinajstić information content (AvgIpc) is 2.44. The van der Waals surface area contributed by atoms with Gasteiger partial charge in [0.25, 0.3) is 0 Å². The van der Waals surface area contributed by atoms with E-state index in [-0.39, 0.29) is 5.41 Å². The Balaban J connectivity index is 2.82. The predicted octanol–water partition coefficient (Wildman–Crippen LogP) is 1.67. The van der Waals surface area contributed by atoms with Crippen LogP contribution in [-0.2, 0) is 5.41 Å². The van der Waals surface area contributed by atoms with E-state index in [1.165, 1.54) is 0 Å². The number of H-pyrrole nitrogens is 1. The molecule has 80 valence electrons. The lowest BCUT2D eigenvalue weighted by atomic mass is 9.93. The van der Waals surface area contributed by atoms with Crippen LogP contribution in [0.4, 0.5) is 5.82 Å². The van der Waals surface area contributed by atoms with Gasteiger partial charge in [0.05, 0.1) is 0 Å². The minimum atomic E-state index is -0.120. The molecule has 3 N–H and O–H groups in total. The van der Waals surface area contributed by atoms with Crippen molar-refractivity contribution in [2.24, 2.45) is 0 Å². The third-order valence-corrected chi connectivity index (χ3v) is 2.50. The molecule has 0 aliphatic heterocycles. The fraction of sp³-hybridized carbons (Fsp3) is 0.444. The molecule has 2 aromatic heterocycles. The molecule has 5 nitrogen and oxygen atoms in total. The van der Waals surface area contributed by atoms with Gasteiger partial charge in [-0.05, 0) is 0 Å². The molecule has 0 radical (unpaired) electrons. The molecule has 2 heterocycles. The molecule has 0 unspecified atom stereocenters. The maximum atomic E-state index is 5.63. The van der Waals surface area contributed by atoms with Crippen LogP contribution in [0.25, 0.3) is 5.65 Å². The first-order chi connectivity index (χ1) is 6.89. The Kier molecular flexibility index (Phi) is 2.04. The lowest BCUT2D eigenvalue weighted by molar-refractivity contribution is 0.548. The van der Waals surface area contributed by atoms with Gasteiger partial charge in [-0.1, -0.05) is 33.0 Å². The minimum absolute atomic E-state index is 0.120. The van der Waals surface area contributed by atoms with Crippen LogP contribution in [-0.4, -0.2) is 19.8 Å². The van der Waals surface area contributed by atoms with Gasteiger partial charge in [-0.2, -0.15) is 0 Å². The molecule has 2 rings (SSSR count). The topological polar surface area (TPSA) is 72.0 Å². The van der Waals surface area contributed by atoms with Crippen LogP contribution in [0.3, 0.4) is 0 Å². The van der Waals surface area contributed by atoms with Crippen molar-refractivity contribution in [1.82, 2.24) is 19.8 Å². The Labute approximate surface area is 92.3 Å². The van der Waals surface area contributed by atoms with Gasteiger partial charge >= 0.3 is 0 Å². The normalized spacial score (nSPS) is 12.2. The van der Waals surface area contributed by atoms with E-state index < -0.39 is 0 Å². The van der Waals surface area contributed by atoms with E-state index in [4.69, 9.17) is 18.0 Å². The van der Waals surface area contributed by atoms with Crippen LogP contribution in [0.2, 0.25) is 0 Å². The van der Waals surface area contributed by atoms with Crippen LogP contribution >= 0.6 is 12.2 Å². The second-order valence-corrected chi connectivity index (χ2v) is 4.90. The summed E-state index contributed by atoms with van der Waals surface area (Å²) in [6, 6.07) is 1.70. The SMILES string of the molecule is CC(C)(C)c1nnc2cc(N)[nH]n2c1=S. The summed E-state index contributed by atoms with van der Waals surface area (Å²) in [5.74, 6) is 0.529. The molecule has 0 spiro atoms. The highest BCUT2D eigenvalue weighted by atomic mass is 32.1. The van der Waals surface area contributed by atoms with Crippen molar-refractivity contribution in [3.05, 3.63) is 16.4 Å². The van der Waals surface area contributed by atoms with Crippen molar-refractivity contribution in [2.75, 3.05) is 5.73 Å². The van der Waals surface area contributed by atoms with Gasteiger partial charge in [0.15, 0.2) is 10.3 Å². The van der Waals surface area contributed by atoms with Crippen LogP contribution in [0.1, 0.15) is 26.5 Å². The second-order valence-electron chi connectivity index (χ2n) is 4.51. The summed E-state index contributed by atoms with van der Waals surface area (Å²) in [6.07, 6.45) is 0. The number of nitrogens with one attached hydrogen (secondary N) is 1. The first kappa shape index (κ1) is 10.1. The van der Waals surface area contributed by atoms with E-state index in [0.717, 1.165) is 5.69 Å². The molecular formula is C9H13N5S. The van der Waals surface area contributed by atoms with Crippen molar-refractivity contribution in [2.45, 2.75) is 26.2 Å². The van der Waals surface area contributed by atoms with E-state index >= 15 is 0 Å². The van der Waals surface area contributed by atoms with E-state index in [2.05, 4.69) is 15.3 Å². The Hall–Kier alpha value is -1.43. The van der Waals surface area contributed by atoms with Gasteiger partial charge in [-0.3, -0.25) is 5.10 Å². The Morgan fingerprint density at radius 2 is 2.07 bits per heavy atom. The van der Waals surface area contributed by atoms with Gasteiger partial charge in [0.1, 0.15) is 11.5 Å². The number of nitrogen functional groups attached to an aromatic ring is 1. The molecule has 0 aromatic carbocycles. The van der Waals surface area contributed by atoms with Gasteiger partial charge in [-0.25, -0.2) is 4.52 Å². The first-order valence-electron chi connectivity index (χ1n) is 4.64. The van der Waals surface area contributed by atoms with Gasteiger partial charge in [-0.15, -0.1) is 10.2 Å². The van der Waals surface area contributed by atoms with Crippen molar-refractivity contribution >= 4 is 23.7 Å². The zero-order chi connectivity index (χ0) is 11.2. The molecule has 15 heavy (non-hydrogen) atoms.